The lowest BCUT2D eigenvalue weighted by Crippen LogP contribution is -2.34. The van der Waals surface area contributed by atoms with E-state index in [2.05, 4.69) is 0 Å². The molecule has 0 aromatic heterocycles. The fourth-order valence-corrected chi connectivity index (χ4v) is 1.23. The number of methoxy groups -OCH3 is 1. The van der Waals surface area contributed by atoms with Gasteiger partial charge in [0.05, 0.1) is 4.92 Å². The maximum Gasteiger partial charge on any atom is 0.340 e. The second kappa shape index (κ2) is 4.28. The first kappa shape index (κ1) is 12.1. The van der Waals surface area contributed by atoms with Gasteiger partial charge in [0.2, 0.25) is 0 Å². The predicted molar refractivity (Wildman–Crippen MR) is 55.1 cm³/mol. The molecule has 0 amide bonds. The number of ether oxygens (including phenoxy) is 1. The van der Waals surface area contributed by atoms with Crippen LogP contribution in [0.15, 0.2) is 24.3 Å². The van der Waals surface area contributed by atoms with Gasteiger partial charge in [0.15, 0.2) is 5.60 Å². The predicted octanol–water partition coefficient (Wildman–Crippen LogP) is 1.54. The van der Waals surface area contributed by atoms with E-state index >= 15 is 0 Å². The zero-order chi connectivity index (χ0) is 12.3. The lowest BCUT2D eigenvalue weighted by Gasteiger charge is -2.23. The third-order valence-electron chi connectivity index (χ3n) is 2.45. The number of carboxylic acids is 1. The number of carboxylic acid groups (broad SMARTS) is 1. The highest BCUT2D eigenvalue weighted by atomic mass is 16.6. The van der Waals surface area contributed by atoms with Gasteiger partial charge in [-0.3, -0.25) is 10.1 Å². The Hall–Kier alpha value is -1.95. The van der Waals surface area contributed by atoms with Gasteiger partial charge < -0.3 is 9.84 Å². The van der Waals surface area contributed by atoms with Gasteiger partial charge in [0.1, 0.15) is 0 Å². The molecule has 1 rings (SSSR count). The topological polar surface area (TPSA) is 89.7 Å². The zero-order valence-electron chi connectivity index (χ0n) is 8.84. The van der Waals surface area contributed by atoms with Crippen LogP contribution in [0.25, 0.3) is 0 Å². The summed E-state index contributed by atoms with van der Waals surface area (Å²) in [5.41, 5.74) is -1.23. The molecular weight excluding hydrogens is 214 g/mol. The molecule has 6 nitrogen and oxygen atoms in total. The molecule has 86 valence electrons. The molecule has 1 N–H and O–H groups in total. The molecule has 0 aliphatic carbocycles. The van der Waals surface area contributed by atoms with Crippen molar-refractivity contribution in [2.45, 2.75) is 12.5 Å². The van der Waals surface area contributed by atoms with Gasteiger partial charge in [-0.05, 0) is 24.6 Å². The van der Waals surface area contributed by atoms with Crippen LogP contribution in [0, 0.1) is 10.1 Å². The first-order chi connectivity index (χ1) is 7.41. The van der Waals surface area contributed by atoms with E-state index in [1.165, 1.54) is 38.3 Å². The van der Waals surface area contributed by atoms with Crippen LogP contribution in [0.3, 0.4) is 0 Å². The van der Waals surface area contributed by atoms with Crippen molar-refractivity contribution in [1.82, 2.24) is 0 Å². The first-order valence-corrected chi connectivity index (χ1v) is 4.45. The summed E-state index contributed by atoms with van der Waals surface area (Å²) in [7, 11) is 1.27. The largest absolute Gasteiger partial charge is 0.479 e. The van der Waals surface area contributed by atoms with E-state index in [4.69, 9.17) is 9.84 Å². The molecule has 0 spiro atoms. The SMILES string of the molecule is COC(C)(C(=O)O)c1ccc([N+](=O)[O-])cc1. The average molecular weight is 225 g/mol. The van der Waals surface area contributed by atoms with Gasteiger partial charge in [0.25, 0.3) is 5.69 Å². The fraction of sp³-hybridized carbons (Fsp3) is 0.300. The third-order valence-corrected chi connectivity index (χ3v) is 2.45. The van der Waals surface area contributed by atoms with Crippen LogP contribution in [0.1, 0.15) is 12.5 Å². The Bertz CT molecular complexity index is 414. The van der Waals surface area contributed by atoms with Gasteiger partial charge in [-0.2, -0.15) is 0 Å². The number of hydrogen-bond donors (Lipinski definition) is 1. The second-order valence-corrected chi connectivity index (χ2v) is 3.35. The van der Waals surface area contributed by atoms with E-state index in [-0.39, 0.29) is 5.69 Å². The highest BCUT2D eigenvalue weighted by Gasteiger charge is 2.35. The summed E-state index contributed by atoms with van der Waals surface area (Å²) in [6, 6.07) is 5.23. The van der Waals surface area contributed by atoms with Gasteiger partial charge in [0, 0.05) is 19.2 Å². The van der Waals surface area contributed by atoms with Crippen molar-refractivity contribution < 1.29 is 19.6 Å². The second-order valence-electron chi connectivity index (χ2n) is 3.35. The quantitative estimate of drug-likeness (QED) is 0.620. The van der Waals surface area contributed by atoms with E-state index in [0.717, 1.165) is 0 Å². The fourth-order valence-electron chi connectivity index (χ4n) is 1.23. The smallest absolute Gasteiger partial charge is 0.340 e. The van der Waals surface area contributed by atoms with E-state index < -0.39 is 16.5 Å². The molecule has 0 fully saturated rings. The third kappa shape index (κ3) is 2.01. The van der Waals surface area contributed by atoms with Crippen molar-refractivity contribution in [3.05, 3.63) is 39.9 Å². The number of rotatable bonds is 4. The summed E-state index contributed by atoms with van der Waals surface area (Å²) in [4.78, 5) is 20.9. The molecule has 0 saturated heterocycles. The van der Waals surface area contributed by atoms with Gasteiger partial charge in [-0.15, -0.1) is 0 Å². The number of nitrogens with zero attached hydrogens (tertiary/aromatic N) is 1. The average Bonchev–Trinajstić information content (AvgIpc) is 2.27. The Balaban J connectivity index is 3.14. The van der Waals surface area contributed by atoms with Gasteiger partial charge in [-0.25, -0.2) is 4.79 Å². The van der Waals surface area contributed by atoms with E-state index in [1.54, 1.807) is 0 Å². The minimum Gasteiger partial charge on any atom is -0.479 e. The number of nitro groups is 1. The number of hydrogen-bond acceptors (Lipinski definition) is 4. The molecule has 1 aromatic carbocycles. The Morgan fingerprint density at radius 1 is 1.44 bits per heavy atom. The normalized spacial score (nSPS) is 14.1. The van der Waals surface area contributed by atoms with Crippen LogP contribution in [0.5, 0.6) is 0 Å². The summed E-state index contributed by atoms with van der Waals surface area (Å²) in [6.45, 7) is 1.39. The number of aliphatic carboxylic acids is 1. The summed E-state index contributed by atoms with van der Waals surface area (Å²) in [5, 5.41) is 19.4. The molecule has 0 heterocycles. The number of benzene rings is 1. The number of nitro benzene ring substituents is 1. The minimum absolute atomic E-state index is 0.0902. The summed E-state index contributed by atoms with van der Waals surface area (Å²) in [6.07, 6.45) is 0. The standard InChI is InChI=1S/C10H11NO5/c1-10(16-2,9(12)13)7-3-5-8(6-4-7)11(14)15/h3-6H,1-2H3,(H,12,13). The minimum atomic E-state index is -1.49. The maximum atomic E-state index is 11.0. The maximum absolute atomic E-state index is 11.0. The molecule has 0 bridgehead atoms. The van der Waals surface area contributed by atoms with E-state index in [9.17, 15) is 14.9 Å². The van der Waals surface area contributed by atoms with Crippen LogP contribution in [0.4, 0.5) is 5.69 Å². The van der Waals surface area contributed by atoms with E-state index in [1.807, 2.05) is 0 Å². The Morgan fingerprint density at radius 3 is 2.25 bits per heavy atom. The van der Waals surface area contributed by atoms with Crippen LogP contribution >= 0.6 is 0 Å². The highest BCUT2D eigenvalue weighted by Crippen LogP contribution is 2.26. The first-order valence-electron chi connectivity index (χ1n) is 4.45. The Kier molecular flexibility index (Phi) is 3.24. The summed E-state index contributed by atoms with van der Waals surface area (Å²) in [5.74, 6) is -1.15. The van der Waals surface area contributed by atoms with E-state index in [0.29, 0.717) is 5.56 Å². The molecule has 0 aliphatic rings. The van der Waals surface area contributed by atoms with Crippen LogP contribution in [-0.4, -0.2) is 23.1 Å². The highest BCUT2D eigenvalue weighted by molar-refractivity contribution is 5.79. The number of non-ortho nitro benzene ring substituents is 1. The van der Waals surface area contributed by atoms with Crippen LogP contribution in [0.2, 0.25) is 0 Å². The Morgan fingerprint density at radius 2 is 1.94 bits per heavy atom. The van der Waals surface area contributed by atoms with Crippen molar-refractivity contribution in [3.63, 3.8) is 0 Å². The molecule has 1 atom stereocenters. The zero-order valence-corrected chi connectivity index (χ0v) is 8.84. The van der Waals surface area contributed by atoms with Crippen molar-refractivity contribution >= 4 is 11.7 Å². The van der Waals surface area contributed by atoms with Gasteiger partial charge in [-0.1, -0.05) is 0 Å². The van der Waals surface area contributed by atoms with Crippen molar-refractivity contribution in [2.24, 2.45) is 0 Å². The lowest BCUT2D eigenvalue weighted by atomic mass is 9.96. The molecule has 1 aromatic rings. The van der Waals surface area contributed by atoms with Gasteiger partial charge >= 0.3 is 5.97 Å². The van der Waals surface area contributed by atoms with Crippen molar-refractivity contribution in [2.75, 3.05) is 7.11 Å². The molecule has 1 unspecified atom stereocenters. The van der Waals surface area contributed by atoms with Crippen LogP contribution in [-0.2, 0) is 15.1 Å². The molecule has 0 radical (unpaired) electrons. The molecule has 0 aliphatic heterocycles. The summed E-state index contributed by atoms with van der Waals surface area (Å²) < 4.78 is 4.92. The lowest BCUT2D eigenvalue weighted by molar-refractivity contribution is -0.384. The number of carbonyl (C=O) groups is 1. The molecule has 0 saturated carbocycles. The van der Waals surface area contributed by atoms with Crippen LogP contribution < -0.4 is 0 Å². The Labute approximate surface area is 91.6 Å². The van der Waals surface area contributed by atoms with Crippen molar-refractivity contribution in [3.8, 4) is 0 Å². The monoisotopic (exact) mass is 225 g/mol. The molecular formula is C10H11NO5. The van der Waals surface area contributed by atoms with Crippen molar-refractivity contribution in [1.29, 1.82) is 0 Å². The summed E-state index contributed by atoms with van der Waals surface area (Å²) >= 11 is 0. The molecule has 6 heteroatoms. The molecule has 16 heavy (non-hydrogen) atoms.